The van der Waals surface area contributed by atoms with Crippen molar-refractivity contribution < 1.29 is 0 Å². The molecule has 0 aromatic carbocycles. The molecule has 0 aliphatic rings. The molecule has 0 aliphatic carbocycles. The predicted molar refractivity (Wildman–Crippen MR) is 70.6 cm³/mol. The second kappa shape index (κ2) is 8.22. The number of allylic oxidation sites excluding steroid dienone is 4. The van der Waals surface area contributed by atoms with Gasteiger partial charge in [0.15, 0.2) is 0 Å². The molecule has 0 aliphatic heterocycles. The lowest BCUT2D eigenvalue weighted by Gasteiger charge is -2.07. The van der Waals surface area contributed by atoms with Crippen LogP contribution in [0.3, 0.4) is 0 Å². The highest BCUT2D eigenvalue weighted by atomic mass is 14.8. The van der Waals surface area contributed by atoms with Gasteiger partial charge in [-0.3, -0.25) is 4.99 Å². The van der Waals surface area contributed by atoms with Gasteiger partial charge < -0.3 is 0 Å². The molecule has 1 nitrogen and oxygen atoms in total. The largest absolute Gasteiger partial charge is 0.289 e. The number of nitrogens with zero attached hydrogens (tertiary/aromatic N) is 1. The monoisotopic (exact) mass is 205 g/mol. The summed E-state index contributed by atoms with van der Waals surface area (Å²) in [6, 6.07) is 0.447. The summed E-state index contributed by atoms with van der Waals surface area (Å²) in [6.07, 6.45) is 9.03. The third kappa shape index (κ3) is 5.36. The van der Waals surface area contributed by atoms with Crippen LogP contribution in [0.5, 0.6) is 0 Å². The van der Waals surface area contributed by atoms with E-state index in [-0.39, 0.29) is 0 Å². The summed E-state index contributed by atoms with van der Waals surface area (Å²) in [4.78, 5) is 4.57. The molecule has 0 bridgehead atoms. The summed E-state index contributed by atoms with van der Waals surface area (Å²) in [6.45, 7) is 13.9. The molecule has 1 unspecified atom stereocenters. The molecular formula is C14H23N. The van der Waals surface area contributed by atoms with Crippen molar-refractivity contribution >= 4 is 6.21 Å². The third-order valence-electron chi connectivity index (χ3n) is 2.50. The molecule has 0 N–H and O–H groups in total. The van der Waals surface area contributed by atoms with Crippen LogP contribution >= 0.6 is 0 Å². The summed E-state index contributed by atoms with van der Waals surface area (Å²) in [5.41, 5.74) is 2.19. The molecule has 84 valence electrons. The highest BCUT2D eigenvalue weighted by molar-refractivity contribution is 5.83. The molecule has 0 aromatic heterocycles. The van der Waals surface area contributed by atoms with Gasteiger partial charge >= 0.3 is 0 Å². The van der Waals surface area contributed by atoms with E-state index in [1.54, 1.807) is 0 Å². The van der Waals surface area contributed by atoms with E-state index in [0.717, 1.165) is 24.0 Å². The fourth-order valence-corrected chi connectivity index (χ4v) is 1.34. The van der Waals surface area contributed by atoms with E-state index in [0.29, 0.717) is 6.04 Å². The van der Waals surface area contributed by atoms with Gasteiger partial charge in [0.1, 0.15) is 0 Å². The fraction of sp³-hybridized carbons (Fsp3) is 0.500. The van der Waals surface area contributed by atoms with Gasteiger partial charge in [0.25, 0.3) is 0 Å². The normalized spacial score (nSPS) is 14.9. The first-order valence-electron chi connectivity index (χ1n) is 5.68. The Labute approximate surface area is 94.3 Å². The average Bonchev–Trinajstić information content (AvgIpc) is 2.27. The lowest BCUT2D eigenvalue weighted by molar-refractivity contribution is 0.591. The van der Waals surface area contributed by atoms with Crippen molar-refractivity contribution in [1.29, 1.82) is 0 Å². The van der Waals surface area contributed by atoms with Crippen LogP contribution in [0.15, 0.2) is 41.4 Å². The van der Waals surface area contributed by atoms with Gasteiger partial charge in [0.2, 0.25) is 0 Å². The Balaban J connectivity index is 4.59. The van der Waals surface area contributed by atoms with E-state index in [1.807, 2.05) is 25.3 Å². The van der Waals surface area contributed by atoms with Crippen LogP contribution in [0.2, 0.25) is 0 Å². The van der Waals surface area contributed by atoms with Crippen molar-refractivity contribution in [3.8, 4) is 0 Å². The fourth-order valence-electron chi connectivity index (χ4n) is 1.34. The topological polar surface area (TPSA) is 12.4 Å². The SMILES string of the molecule is C=C/C(C)=C(\C=C)C=NC(CC)CCC. The highest BCUT2D eigenvalue weighted by Crippen LogP contribution is 2.08. The minimum absolute atomic E-state index is 0.447. The zero-order valence-electron chi connectivity index (χ0n) is 10.3. The minimum atomic E-state index is 0.447. The lowest BCUT2D eigenvalue weighted by Crippen LogP contribution is -2.02. The van der Waals surface area contributed by atoms with Crippen molar-refractivity contribution in [1.82, 2.24) is 0 Å². The average molecular weight is 205 g/mol. The first kappa shape index (κ1) is 13.9. The van der Waals surface area contributed by atoms with Crippen LogP contribution in [-0.2, 0) is 0 Å². The summed E-state index contributed by atoms with van der Waals surface area (Å²) < 4.78 is 0. The van der Waals surface area contributed by atoms with E-state index in [4.69, 9.17) is 0 Å². The van der Waals surface area contributed by atoms with Gasteiger partial charge in [-0.1, -0.05) is 45.6 Å². The smallest absolute Gasteiger partial charge is 0.0497 e. The van der Waals surface area contributed by atoms with E-state index < -0.39 is 0 Å². The van der Waals surface area contributed by atoms with Gasteiger partial charge in [-0.25, -0.2) is 0 Å². The van der Waals surface area contributed by atoms with Gasteiger partial charge in [-0.2, -0.15) is 0 Å². The second-order valence-electron chi connectivity index (χ2n) is 3.68. The molecule has 0 rings (SSSR count). The lowest BCUT2D eigenvalue weighted by atomic mass is 10.1. The maximum absolute atomic E-state index is 4.57. The summed E-state index contributed by atoms with van der Waals surface area (Å²) in [5.74, 6) is 0. The van der Waals surface area contributed by atoms with Crippen molar-refractivity contribution in [2.24, 2.45) is 4.99 Å². The van der Waals surface area contributed by atoms with Gasteiger partial charge in [-0.15, -0.1) is 0 Å². The Morgan fingerprint density at radius 3 is 2.33 bits per heavy atom. The van der Waals surface area contributed by atoms with Crippen LogP contribution in [0, 0.1) is 0 Å². The van der Waals surface area contributed by atoms with Gasteiger partial charge in [-0.05, 0) is 30.9 Å². The molecular weight excluding hydrogens is 182 g/mol. The first-order valence-corrected chi connectivity index (χ1v) is 5.68. The second-order valence-corrected chi connectivity index (χ2v) is 3.68. The number of hydrogen-bond acceptors (Lipinski definition) is 1. The molecule has 1 heteroatoms. The van der Waals surface area contributed by atoms with Crippen molar-refractivity contribution in [3.05, 3.63) is 36.5 Å². The predicted octanol–water partition coefficient (Wildman–Crippen LogP) is 4.32. The number of rotatable bonds is 7. The third-order valence-corrected chi connectivity index (χ3v) is 2.50. The number of aliphatic imine (C=N–C) groups is 1. The Hall–Kier alpha value is -1.11. The summed E-state index contributed by atoms with van der Waals surface area (Å²) in [5, 5.41) is 0. The Morgan fingerprint density at radius 2 is 1.93 bits per heavy atom. The van der Waals surface area contributed by atoms with Crippen LogP contribution in [0.4, 0.5) is 0 Å². The Kier molecular flexibility index (Phi) is 7.61. The van der Waals surface area contributed by atoms with Crippen LogP contribution in [0.25, 0.3) is 0 Å². The maximum Gasteiger partial charge on any atom is 0.0497 e. The van der Waals surface area contributed by atoms with E-state index >= 15 is 0 Å². The molecule has 15 heavy (non-hydrogen) atoms. The molecule has 0 fully saturated rings. The van der Waals surface area contributed by atoms with Gasteiger partial charge in [0.05, 0.1) is 0 Å². The summed E-state index contributed by atoms with van der Waals surface area (Å²) in [7, 11) is 0. The zero-order valence-corrected chi connectivity index (χ0v) is 10.3. The van der Waals surface area contributed by atoms with Gasteiger partial charge in [0, 0.05) is 12.3 Å². The van der Waals surface area contributed by atoms with Crippen LogP contribution in [-0.4, -0.2) is 12.3 Å². The van der Waals surface area contributed by atoms with E-state index in [2.05, 4.69) is 32.0 Å². The Morgan fingerprint density at radius 1 is 1.27 bits per heavy atom. The van der Waals surface area contributed by atoms with Crippen LogP contribution < -0.4 is 0 Å². The Bertz CT molecular complexity index is 259. The maximum atomic E-state index is 4.57. The molecule has 1 atom stereocenters. The quantitative estimate of drug-likeness (QED) is 0.433. The van der Waals surface area contributed by atoms with Crippen molar-refractivity contribution in [2.75, 3.05) is 0 Å². The van der Waals surface area contributed by atoms with Crippen LogP contribution in [0.1, 0.15) is 40.0 Å². The molecule has 0 saturated heterocycles. The molecule has 0 aromatic rings. The molecule has 0 amide bonds. The molecule has 0 heterocycles. The molecule has 0 radical (unpaired) electrons. The number of hydrogen-bond donors (Lipinski definition) is 0. The first-order chi connectivity index (χ1) is 7.19. The van der Waals surface area contributed by atoms with Crippen molar-refractivity contribution in [3.63, 3.8) is 0 Å². The van der Waals surface area contributed by atoms with E-state index in [1.165, 1.54) is 6.42 Å². The summed E-state index contributed by atoms with van der Waals surface area (Å²) >= 11 is 0. The molecule has 0 saturated carbocycles. The zero-order chi connectivity index (χ0) is 11.7. The highest BCUT2D eigenvalue weighted by Gasteiger charge is 2.00. The van der Waals surface area contributed by atoms with E-state index in [9.17, 15) is 0 Å². The minimum Gasteiger partial charge on any atom is -0.289 e. The van der Waals surface area contributed by atoms with Crippen molar-refractivity contribution in [2.45, 2.75) is 46.1 Å². The molecule has 0 spiro atoms. The standard InChI is InChI=1S/C14H23N/c1-6-10-14(9-4)15-11-13(8-3)12(5)7-2/h7-8,11,14H,2-3,6,9-10H2,1,4-5H3/b13-12+,15-11?.